The number of hydrogen-bond acceptors (Lipinski definition) is 4. The van der Waals surface area contributed by atoms with Crippen LogP contribution in [0.2, 0.25) is 0 Å². The van der Waals surface area contributed by atoms with Crippen molar-refractivity contribution in [2.45, 2.75) is 69.5 Å². The van der Waals surface area contributed by atoms with Crippen LogP contribution in [-0.2, 0) is 4.79 Å². The molecule has 3 aliphatic rings. The molecule has 2 fully saturated rings. The summed E-state index contributed by atoms with van der Waals surface area (Å²) in [7, 11) is 0. The van der Waals surface area contributed by atoms with E-state index in [1.165, 1.54) is 6.42 Å². The van der Waals surface area contributed by atoms with Crippen molar-refractivity contribution in [3.63, 3.8) is 0 Å². The Morgan fingerprint density at radius 3 is 2.66 bits per heavy atom. The van der Waals surface area contributed by atoms with E-state index < -0.39 is 0 Å². The molecule has 5 rings (SSSR count). The quantitative estimate of drug-likeness (QED) is 0.700. The van der Waals surface area contributed by atoms with Crippen molar-refractivity contribution in [3.05, 3.63) is 57.8 Å². The summed E-state index contributed by atoms with van der Waals surface area (Å²) >= 11 is 1.66. The minimum Gasteiger partial charge on any atom is -0.354 e. The van der Waals surface area contributed by atoms with Gasteiger partial charge in [0.2, 0.25) is 5.91 Å². The van der Waals surface area contributed by atoms with Gasteiger partial charge >= 0.3 is 0 Å². The van der Waals surface area contributed by atoms with E-state index in [4.69, 9.17) is 0 Å². The third-order valence-electron chi connectivity index (χ3n) is 7.63. The second kappa shape index (κ2) is 9.36. The summed E-state index contributed by atoms with van der Waals surface area (Å²) < 4.78 is 0. The Morgan fingerprint density at radius 2 is 1.91 bits per heavy atom. The molecule has 2 aromatic rings. The molecule has 2 amide bonds. The van der Waals surface area contributed by atoms with Crippen LogP contribution < -0.4 is 5.32 Å². The summed E-state index contributed by atoms with van der Waals surface area (Å²) in [5, 5.41) is 5.36. The Morgan fingerprint density at radius 1 is 1.09 bits per heavy atom. The van der Waals surface area contributed by atoms with Gasteiger partial charge in [-0.25, -0.2) is 0 Å². The first-order valence-electron chi connectivity index (χ1n) is 12.2. The monoisotopic (exact) mass is 451 g/mol. The van der Waals surface area contributed by atoms with Crippen LogP contribution in [0.25, 0.3) is 0 Å². The van der Waals surface area contributed by atoms with E-state index in [1.54, 1.807) is 11.3 Å². The summed E-state index contributed by atoms with van der Waals surface area (Å²) in [5.41, 5.74) is 1.57. The van der Waals surface area contributed by atoms with E-state index >= 15 is 0 Å². The van der Waals surface area contributed by atoms with Gasteiger partial charge in [0.1, 0.15) is 0 Å². The Labute approximate surface area is 194 Å². The summed E-state index contributed by atoms with van der Waals surface area (Å²) in [4.78, 5) is 33.2. The molecule has 1 aromatic heterocycles. The minimum atomic E-state index is -0.375. The largest absolute Gasteiger partial charge is 0.354 e. The molecule has 3 atom stereocenters. The Bertz CT molecular complexity index is 954. The standard InChI is InChI=1S/C26H33N3O2S/c1-2-28-15-7-11-19(28)17-27-25(30)23-20-12-5-6-13-21(20)26(31)29(18-9-3-4-10-18)24(23)22-14-8-16-32-22/h5-6,8,12-14,16,18-19,23-24H,2-4,7,9-11,15,17H2,1H3,(H,27,30). The number of carbonyl (C=O) groups is 2. The third-order valence-corrected chi connectivity index (χ3v) is 8.57. The van der Waals surface area contributed by atoms with Crippen molar-refractivity contribution in [2.24, 2.45) is 0 Å². The molecule has 1 N–H and O–H groups in total. The van der Waals surface area contributed by atoms with Gasteiger partial charge in [-0.1, -0.05) is 44.0 Å². The van der Waals surface area contributed by atoms with Crippen LogP contribution in [0.5, 0.6) is 0 Å². The number of likely N-dealkylation sites (tertiary alicyclic amines) is 1. The minimum absolute atomic E-state index is 0.0503. The van der Waals surface area contributed by atoms with E-state index in [2.05, 4.69) is 33.5 Å². The molecule has 1 saturated heterocycles. The third kappa shape index (κ3) is 3.88. The van der Waals surface area contributed by atoms with Gasteiger partial charge in [0.05, 0.1) is 12.0 Å². The first kappa shape index (κ1) is 21.7. The van der Waals surface area contributed by atoms with Crippen molar-refractivity contribution in [3.8, 4) is 0 Å². The number of rotatable bonds is 6. The lowest BCUT2D eigenvalue weighted by Gasteiger charge is -2.44. The van der Waals surface area contributed by atoms with Gasteiger partial charge in [0.15, 0.2) is 0 Å². The number of hydrogen-bond donors (Lipinski definition) is 1. The molecule has 3 unspecified atom stereocenters. The van der Waals surface area contributed by atoms with Gasteiger partial charge in [-0.3, -0.25) is 14.5 Å². The smallest absolute Gasteiger partial charge is 0.254 e. The van der Waals surface area contributed by atoms with E-state index in [0.717, 1.165) is 55.6 Å². The molecule has 5 nitrogen and oxygen atoms in total. The Kier molecular flexibility index (Phi) is 6.33. The molecule has 0 radical (unpaired) electrons. The SMILES string of the molecule is CCN1CCCC1CNC(=O)C1c2ccccc2C(=O)N(C2CCCC2)C1c1cccs1. The number of nitrogens with one attached hydrogen (secondary N) is 1. The summed E-state index contributed by atoms with van der Waals surface area (Å²) in [6.45, 7) is 5.01. The van der Waals surface area contributed by atoms with E-state index in [0.29, 0.717) is 18.2 Å². The molecule has 0 spiro atoms. The van der Waals surface area contributed by atoms with Gasteiger partial charge in [0, 0.05) is 29.1 Å². The fourth-order valence-electron chi connectivity index (χ4n) is 6.05. The van der Waals surface area contributed by atoms with Crippen LogP contribution in [-0.4, -0.2) is 53.3 Å². The number of amides is 2. The Balaban J connectivity index is 1.50. The van der Waals surface area contributed by atoms with E-state index in [1.807, 2.05) is 30.3 Å². The van der Waals surface area contributed by atoms with Crippen LogP contribution in [0, 0.1) is 0 Å². The zero-order chi connectivity index (χ0) is 22.1. The Hall–Kier alpha value is -2.18. The highest BCUT2D eigenvalue weighted by atomic mass is 32.1. The van der Waals surface area contributed by atoms with Crippen LogP contribution in [0.15, 0.2) is 41.8 Å². The average Bonchev–Trinajstić information content (AvgIpc) is 3.60. The molecule has 170 valence electrons. The van der Waals surface area contributed by atoms with Gasteiger partial charge in [-0.05, 0) is 61.8 Å². The lowest BCUT2D eigenvalue weighted by Crippen LogP contribution is -2.51. The molecule has 6 heteroatoms. The molecule has 1 aliphatic carbocycles. The second-order valence-corrected chi connectivity index (χ2v) is 10.3. The highest BCUT2D eigenvalue weighted by Gasteiger charge is 2.47. The number of carbonyl (C=O) groups excluding carboxylic acids is 2. The highest BCUT2D eigenvalue weighted by Crippen LogP contribution is 2.47. The number of fused-ring (bicyclic) bond motifs is 1. The number of likely N-dealkylation sites (N-methyl/N-ethyl adjacent to an activating group) is 1. The fraction of sp³-hybridized carbons (Fsp3) is 0.538. The predicted molar refractivity (Wildman–Crippen MR) is 128 cm³/mol. The van der Waals surface area contributed by atoms with Crippen LogP contribution in [0.3, 0.4) is 0 Å². The number of thiophene rings is 1. The van der Waals surface area contributed by atoms with Crippen molar-refractivity contribution < 1.29 is 9.59 Å². The van der Waals surface area contributed by atoms with Gasteiger partial charge < -0.3 is 10.2 Å². The van der Waals surface area contributed by atoms with Crippen molar-refractivity contribution in [2.75, 3.05) is 19.6 Å². The zero-order valence-electron chi connectivity index (χ0n) is 18.8. The van der Waals surface area contributed by atoms with Gasteiger partial charge in [0.25, 0.3) is 5.91 Å². The second-order valence-electron chi connectivity index (χ2n) is 9.35. The van der Waals surface area contributed by atoms with Crippen LogP contribution in [0.1, 0.15) is 78.2 Å². The molecule has 0 bridgehead atoms. The van der Waals surface area contributed by atoms with Crippen molar-refractivity contribution in [1.29, 1.82) is 0 Å². The lowest BCUT2D eigenvalue weighted by atomic mass is 9.80. The first-order chi connectivity index (χ1) is 15.7. The summed E-state index contributed by atoms with van der Waals surface area (Å²) in [6, 6.07) is 12.3. The molecule has 2 aliphatic heterocycles. The van der Waals surface area contributed by atoms with Crippen LogP contribution >= 0.6 is 11.3 Å². The van der Waals surface area contributed by atoms with Gasteiger partial charge in [-0.2, -0.15) is 0 Å². The lowest BCUT2D eigenvalue weighted by molar-refractivity contribution is -0.124. The molecular formula is C26H33N3O2S. The maximum atomic E-state index is 13.8. The molecule has 1 aromatic carbocycles. The average molecular weight is 452 g/mol. The zero-order valence-corrected chi connectivity index (χ0v) is 19.7. The molecule has 3 heterocycles. The normalized spacial score (nSPS) is 26.5. The van der Waals surface area contributed by atoms with Crippen molar-refractivity contribution in [1.82, 2.24) is 15.1 Å². The maximum Gasteiger partial charge on any atom is 0.254 e. The van der Waals surface area contributed by atoms with E-state index in [9.17, 15) is 9.59 Å². The fourth-order valence-corrected chi connectivity index (χ4v) is 6.91. The highest BCUT2D eigenvalue weighted by molar-refractivity contribution is 7.10. The maximum absolute atomic E-state index is 13.8. The topological polar surface area (TPSA) is 52.7 Å². The predicted octanol–water partition coefficient (Wildman–Crippen LogP) is 4.57. The number of nitrogens with zero attached hydrogens (tertiary/aromatic N) is 2. The van der Waals surface area contributed by atoms with E-state index in [-0.39, 0.29) is 29.8 Å². The van der Waals surface area contributed by atoms with Crippen LogP contribution in [0.4, 0.5) is 0 Å². The number of benzene rings is 1. The first-order valence-corrected chi connectivity index (χ1v) is 13.0. The molecule has 32 heavy (non-hydrogen) atoms. The summed E-state index contributed by atoms with van der Waals surface area (Å²) in [5.74, 6) is -0.239. The molecular weight excluding hydrogens is 418 g/mol. The van der Waals surface area contributed by atoms with Crippen molar-refractivity contribution >= 4 is 23.2 Å². The van der Waals surface area contributed by atoms with Gasteiger partial charge in [-0.15, -0.1) is 11.3 Å². The summed E-state index contributed by atoms with van der Waals surface area (Å²) in [6.07, 6.45) is 6.69. The molecule has 1 saturated carbocycles.